The second-order valence-corrected chi connectivity index (χ2v) is 3.48. The van der Waals surface area contributed by atoms with Crippen LogP contribution in [0.3, 0.4) is 0 Å². The molecule has 0 aliphatic rings. The summed E-state index contributed by atoms with van der Waals surface area (Å²) in [6, 6.07) is -1.58. The number of hydrogen-bond acceptors (Lipinski definition) is 4. The predicted molar refractivity (Wildman–Crippen MR) is 60.0 cm³/mol. The van der Waals surface area contributed by atoms with Gasteiger partial charge in [0.05, 0.1) is 24.5 Å². The molecule has 1 heterocycles. The highest BCUT2D eigenvalue weighted by Gasteiger charge is 2.22. The Kier molecular flexibility index (Phi) is 4.75. The molecule has 0 unspecified atom stereocenters. The van der Waals surface area contributed by atoms with E-state index in [2.05, 4.69) is 10.3 Å². The molecule has 0 spiro atoms. The fourth-order valence-electron chi connectivity index (χ4n) is 1.18. The summed E-state index contributed by atoms with van der Waals surface area (Å²) in [5.74, 6) is -3.55. The van der Waals surface area contributed by atoms with Crippen LogP contribution in [0.1, 0.15) is 6.42 Å². The van der Waals surface area contributed by atoms with Crippen molar-refractivity contribution < 1.29 is 29.0 Å². The van der Waals surface area contributed by atoms with Crippen molar-refractivity contribution >= 4 is 23.7 Å². The second kappa shape index (κ2) is 6.28. The number of carboxylic acid groups (broad SMARTS) is 2. The van der Waals surface area contributed by atoms with Crippen molar-refractivity contribution in [3.05, 3.63) is 24.3 Å². The number of anilines is 1. The minimum absolute atomic E-state index is 0.0111. The van der Waals surface area contributed by atoms with Crippen molar-refractivity contribution in [2.24, 2.45) is 0 Å². The van der Waals surface area contributed by atoms with Gasteiger partial charge in [0.25, 0.3) is 0 Å². The summed E-state index contributed by atoms with van der Waals surface area (Å²) in [6.45, 7) is 0. The number of amides is 2. The van der Waals surface area contributed by atoms with Crippen LogP contribution in [0.2, 0.25) is 0 Å². The van der Waals surface area contributed by atoms with Crippen LogP contribution in [-0.2, 0) is 9.59 Å². The molecule has 2 amide bonds. The summed E-state index contributed by atoms with van der Waals surface area (Å²) >= 11 is 0. The highest BCUT2D eigenvalue weighted by molar-refractivity contribution is 5.93. The number of carboxylic acids is 2. The van der Waals surface area contributed by atoms with Gasteiger partial charge in [0, 0.05) is 6.07 Å². The standard InChI is InChI=1S/C10H10FN3O5/c11-5-1-6(4-12-3-5)13-10(19)14-7(9(17)18)2-8(15)16/h1,3-4,7H,2H2,(H,15,16)(H,17,18)(H2,13,14,19)/t7-/m1/s1. The van der Waals surface area contributed by atoms with Gasteiger partial charge in [-0.2, -0.15) is 0 Å². The maximum absolute atomic E-state index is 12.8. The highest BCUT2D eigenvalue weighted by Crippen LogP contribution is 2.06. The molecule has 8 nitrogen and oxygen atoms in total. The van der Waals surface area contributed by atoms with Gasteiger partial charge in [-0.15, -0.1) is 0 Å². The van der Waals surface area contributed by atoms with E-state index in [1.165, 1.54) is 0 Å². The van der Waals surface area contributed by atoms with E-state index in [4.69, 9.17) is 10.2 Å². The monoisotopic (exact) mass is 271 g/mol. The Balaban J connectivity index is 2.62. The summed E-state index contributed by atoms with van der Waals surface area (Å²) in [5.41, 5.74) is 0.0111. The molecule has 19 heavy (non-hydrogen) atoms. The van der Waals surface area contributed by atoms with Crippen LogP contribution >= 0.6 is 0 Å². The van der Waals surface area contributed by atoms with Crippen LogP contribution in [0, 0.1) is 5.82 Å². The SMILES string of the molecule is O=C(O)C[C@@H](NC(=O)Nc1cncc(F)c1)C(=O)O. The van der Waals surface area contributed by atoms with Crippen LogP contribution in [0.25, 0.3) is 0 Å². The smallest absolute Gasteiger partial charge is 0.326 e. The van der Waals surface area contributed by atoms with E-state index in [1.54, 1.807) is 0 Å². The van der Waals surface area contributed by atoms with E-state index < -0.39 is 36.2 Å². The Morgan fingerprint density at radius 1 is 1.32 bits per heavy atom. The Labute approximate surface area is 106 Å². The van der Waals surface area contributed by atoms with Crippen molar-refractivity contribution in [2.45, 2.75) is 12.5 Å². The van der Waals surface area contributed by atoms with Gasteiger partial charge in [-0.1, -0.05) is 0 Å². The molecule has 1 aromatic rings. The molecule has 0 aliphatic heterocycles. The number of carbonyl (C=O) groups is 3. The Bertz CT molecular complexity index is 508. The number of rotatable bonds is 5. The quantitative estimate of drug-likeness (QED) is 0.608. The normalized spacial score (nSPS) is 11.4. The minimum Gasteiger partial charge on any atom is -0.481 e. The molecule has 9 heteroatoms. The van der Waals surface area contributed by atoms with Gasteiger partial charge in [-0.25, -0.2) is 14.0 Å². The summed E-state index contributed by atoms with van der Waals surface area (Å²) < 4.78 is 12.8. The van der Waals surface area contributed by atoms with E-state index in [0.29, 0.717) is 0 Å². The van der Waals surface area contributed by atoms with Crippen molar-refractivity contribution in [1.29, 1.82) is 0 Å². The largest absolute Gasteiger partial charge is 0.481 e. The molecule has 0 radical (unpaired) electrons. The summed E-state index contributed by atoms with van der Waals surface area (Å²) in [7, 11) is 0. The fraction of sp³-hybridized carbons (Fsp3) is 0.200. The van der Waals surface area contributed by atoms with Gasteiger partial charge in [0.2, 0.25) is 0 Å². The van der Waals surface area contributed by atoms with Crippen LogP contribution in [-0.4, -0.2) is 39.2 Å². The van der Waals surface area contributed by atoms with Gasteiger partial charge in [0.15, 0.2) is 0 Å². The number of aliphatic carboxylic acids is 2. The third-order valence-corrected chi connectivity index (χ3v) is 1.94. The number of urea groups is 1. The molecule has 0 saturated heterocycles. The number of nitrogens with one attached hydrogen (secondary N) is 2. The molecule has 1 atom stereocenters. The maximum Gasteiger partial charge on any atom is 0.326 e. The van der Waals surface area contributed by atoms with Gasteiger partial charge in [-0.05, 0) is 0 Å². The van der Waals surface area contributed by atoms with Crippen molar-refractivity contribution in [3.63, 3.8) is 0 Å². The molecule has 1 rings (SSSR count). The lowest BCUT2D eigenvalue weighted by molar-refractivity contribution is -0.145. The molecule has 0 bridgehead atoms. The number of carbonyl (C=O) groups excluding carboxylic acids is 1. The van der Waals surface area contributed by atoms with E-state index in [1.807, 2.05) is 5.32 Å². The molecular weight excluding hydrogens is 261 g/mol. The molecule has 102 valence electrons. The van der Waals surface area contributed by atoms with Crippen molar-refractivity contribution in [3.8, 4) is 0 Å². The first-order valence-corrected chi connectivity index (χ1v) is 5.01. The first-order chi connectivity index (χ1) is 8.88. The lowest BCUT2D eigenvalue weighted by Crippen LogP contribution is -2.44. The number of nitrogens with zero attached hydrogens (tertiary/aromatic N) is 1. The van der Waals surface area contributed by atoms with E-state index in [0.717, 1.165) is 18.5 Å². The highest BCUT2D eigenvalue weighted by atomic mass is 19.1. The number of hydrogen-bond donors (Lipinski definition) is 4. The zero-order valence-corrected chi connectivity index (χ0v) is 9.46. The fourth-order valence-corrected chi connectivity index (χ4v) is 1.18. The first kappa shape index (κ1) is 14.4. The number of aromatic nitrogens is 1. The van der Waals surface area contributed by atoms with E-state index >= 15 is 0 Å². The molecule has 0 fully saturated rings. The van der Waals surface area contributed by atoms with Gasteiger partial charge in [-0.3, -0.25) is 9.78 Å². The van der Waals surface area contributed by atoms with Gasteiger partial charge in [0.1, 0.15) is 11.9 Å². The van der Waals surface area contributed by atoms with E-state index in [9.17, 15) is 18.8 Å². The average molecular weight is 271 g/mol. The molecule has 0 aromatic carbocycles. The number of halogens is 1. The molecule has 0 aliphatic carbocycles. The third-order valence-electron chi connectivity index (χ3n) is 1.94. The Morgan fingerprint density at radius 2 is 2.00 bits per heavy atom. The van der Waals surface area contributed by atoms with Gasteiger partial charge >= 0.3 is 18.0 Å². The van der Waals surface area contributed by atoms with Crippen LogP contribution < -0.4 is 10.6 Å². The molecule has 4 N–H and O–H groups in total. The predicted octanol–water partition coefficient (Wildman–Crippen LogP) is 0.270. The summed E-state index contributed by atoms with van der Waals surface area (Å²) in [5, 5.41) is 21.2. The van der Waals surface area contributed by atoms with Crippen LogP contribution in [0.4, 0.5) is 14.9 Å². The Morgan fingerprint density at radius 3 is 2.53 bits per heavy atom. The summed E-state index contributed by atoms with van der Waals surface area (Å²) in [6.07, 6.45) is 1.30. The molecular formula is C10H10FN3O5. The zero-order chi connectivity index (χ0) is 14.4. The van der Waals surface area contributed by atoms with E-state index in [-0.39, 0.29) is 5.69 Å². The summed E-state index contributed by atoms with van der Waals surface area (Å²) in [4.78, 5) is 36.0. The van der Waals surface area contributed by atoms with Crippen molar-refractivity contribution in [2.75, 3.05) is 5.32 Å². The van der Waals surface area contributed by atoms with Crippen LogP contribution in [0.15, 0.2) is 18.5 Å². The topological polar surface area (TPSA) is 129 Å². The van der Waals surface area contributed by atoms with Crippen molar-refractivity contribution in [1.82, 2.24) is 10.3 Å². The number of pyridine rings is 1. The average Bonchev–Trinajstić information content (AvgIpc) is 2.27. The molecule has 1 aromatic heterocycles. The molecule has 0 saturated carbocycles. The van der Waals surface area contributed by atoms with Crippen LogP contribution in [0.5, 0.6) is 0 Å². The zero-order valence-electron chi connectivity index (χ0n) is 9.46. The lowest BCUT2D eigenvalue weighted by Gasteiger charge is -2.13. The Hall–Kier alpha value is -2.71. The maximum atomic E-state index is 12.8. The third kappa shape index (κ3) is 4.98. The first-order valence-electron chi connectivity index (χ1n) is 5.01. The second-order valence-electron chi connectivity index (χ2n) is 3.48. The minimum atomic E-state index is -1.58. The lowest BCUT2D eigenvalue weighted by atomic mass is 10.2. The van der Waals surface area contributed by atoms with Gasteiger partial charge < -0.3 is 20.8 Å².